The van der Waals surface area contributed by atoms with E-state index in [9.17, 15) is 0 Å². The van der Waals surface area contributed by atoms with Crippen LogP contribution in [0.4, 0.5) is 17.1 Å². The average molecular weight is 426 g/mol. The van der Waals surface area contributed by atoms with E-state index >= 15 is 0 Å². The molecule has 3 rings (SSSR count). The molecule has 0 amide bonds. The van der Waals surface area contributed by atoms with E-state index in [0.29, 0.717) is 10.0 Å². The molecule has 0 spiro atoms. The normalized spacial score (nSPS) is 12.1. The van der Waals surface area contributed by atoms with Crippen LogP contribution in [0.25, 0.3) is 0 Å². The summed E-state index contributed by atoms with van der Waals surface area (Å²) < 4.78 is 0. The SMILES string of the molecule is CC(C)(C)c1cccc(N(c2cc(Cl)cc(Cl)c2)c2cccc(C(C)(C)C)c2)c1. The van der Waals surface area contributed by atoms with Crippen LogP contribution in [-0.4, -0.2) is 0 Å². The van der Waals surface area contributed by atoms with Gasteiger partial charge in [-0.3, -0.25) is 0 Å². The Kier molecular flexibility index (Phi) is 6.03. The number of nitrogens with zero attached hydrogens (tertiary/aromatic N) is 1. The molecule has 0 fully saturated rings. The summed E-state index contributed by atoms with van der Waals surface area (Å²) in [5.41, 5.74) is 5.78. The van der Waals surface area contributed by atoms with Crippen molar-refractivity contribution in [1.29, 1.82) is 0 Å². The molecule has 29 heavy (non-hydrogen) atoms. The van der Waals surface area contributed by atoms with Crippen LogP contribution in [0.2, 0.25) is 10.0 Å². The molecule has 0 aromatic heterocycles. The van der Waals surface area contributed by atoms with Crippen LogP contribution in [0.1, 0.15) is 52.7 Å². The van der Waals surface area contributed by atoms with E-state index in [0.717, 1.165) is 17.1 Å². The summed E-state index contributed by atoms with van der Waals surface area (Å²) in [6.07, 6.45) is 0. The Labute approximate surface area is 185 Å². The van der Waals surface area contributed by atoms with E-state index in [1.165, 1.54) is 11.1 Å². The molecule has 0 atom stereocenters. The molecule has 0 N–H and O–H groups in total. The van der Waals surface area contributed by atoms with Gasteiger partial charge in [0, 0.05) is 27.1 Å². The highest BCUT2D eigenvalue weighted by molar-refractivity contribution is 6.35. The van der Waals surface area contributed by atoms with Crippen LogP contribution in [0.5, 0.6) is 0 Å². The van der Waals surface area contributed by atoms with Crippen molar-refractivity contribution in [2.24, 2.45) is 0 Å². The van der Waals surface area contributed by atoms with Crippen LogP contribution in [0, 0.1) is 0 Å². The predicted octanol–water partition coefficient (Wildman–Crippen LogP) is 9.06. The zero-order valence-corrected chi connectivity index (χ0v) is 19.6. The van der Waals surface area contributed by atoms with E-state index in [4.69, 9.17) is 23.2 Å². The number of rotatable bonds is 3. The lowest BCUT2D eigenvalue weighted by Gasteiger charge is -2.29. The van der Waals surface area contributed by atoms with Crippen LogP contribution in [0.15, 0.2) is 66.7 Å². The molecule has 0 heterocycles. The van der Waals surface area contributed by atoms with Crippen molar-refractivity contribution in [3.05, 3.63) is 87.9 Å². The lowest BCUT2D eigenvalue weighted by molar-refractivity contribution is 0.590. The van der Waals surface area contributed by atoms with E-state index in [1.54, 1.807) is 6.07 Å². The van der Waals surface area contributed by atoms with Crippen molar-refractivity contribution in [2.45, 2.75) is 52.4 Å². The minimum absolute atomic E-state index is 0.0565. The predicted molar refractivity (Wildman–Crippen MR) is 129 cm³/mol. The van der Waals surface area contributed by atoms with Gasteiger partial charge in [-0.15, -0.1) is 0 Å². The monoisotopic (exact) mass is 425 g/mol. The first kappa shape index (κ1) is 21.7. The van der Waals surface area contributed by atoms with Crippen molar-refractivity contribution >= 4 is 40.3 Å². The molecule has 3 aromatic carbocycles. The van der Waals surface area contributed by atoms with Crippen molar-refractivity contribution in [1.82, 2.24) is 0 Å². The van der Waals surface area contributed by atoms with Crippen LogP contribution < -0.4 is 4.90 Å². The second-order valence-electron chi connectivity index (χ2n) is 9.56. The van der Waals surface area contributed by atoms with E-state index in [2.05, 4.69) is 95.0 Å². The smallest absolute Gasteiger partial charge is 0.0491 e. The summed E-state index contributed by atoms with van der Waals surface area (Å²) in [6, 6.07) is 23.0. The number of anilines is 3. The fraction of sp³-hybridized carbons (Fsp3) is 0.308. The van der Waals surface area contributed by atoms with Gasteiger partial charge in [0.1, 0.15) is 0 Å². The third-order valence-corrected chi connectivity index (χ3v) is 5.48. The second kappa shape index (κ2) is 8.05. The van der Waals surface area contributed by atoms with Gasteiger partial charge < -0.3 is 4.90 Å². The van der Waals surface area contributed by atoms with E-state index < -0.39 is 0 Å². The highest BCUT2D eigenvalue weighted by atomic mass is 35.5. The van der Waals surface area contributed by atoms with Crippen LogP contribution in [-0.2, 0) is 10.8 Å². The average Bonchev–Trinajstić information content (AvgIpc) is 2.60. The summed E-state index contributed by atoms with van der Waals surface area (Å²) in [4.78, 5) is 2.22. The largest absolute Gasteiger partial charge is 0.310 e. The molecular formula is C26H29Cl2N. The zero-order valence-electron chi connectivity index (χ0n) is 18.1. The number of hydrogen-bond donors (Lipinski definition) is 0. The molecule has 0 aliphatic heterocycles. The Bertz CT molecular complexity index is 932. The van der Waals surface area contributed by atoms with Gasteiger partial charge in [0.25, 0.3) is 0 Å². The third-order valence-electron chi connectivity index (χ3n) is 5.05. The molecule has 0 aliphatic rings. The highest BCUT2D eigenvalue weighted by Gasteiger charge is 2.20. The van der Waals surface area contributed by atoms with Crippen LogP contribution >= 0.6 is 23.2 Å². The van der Waals surface area contributed by atoms with Gasteiger partial charge in [-0.05, 0) is 64.4 Å². The second-order valence-corrected chi connectivity index (χ2v) is 10.4. The fourth-order valence-corrected chi connectivity index (χ4v) is 3.85. The van der Waals surface area contributed by atoms with Crippen molar-refractivity contribution in [3.8, 4) is 0 Å². The Morgan fingerprint density at radius 1 is 0.552 bits per heavy atom. The van der Waals surface area contributed by atoms with Crippen LogP contribution in [0.3, 0.4) is 0 Å². The Balaban J connectivity index is 2.24. The topological polar surface area (TPSA) is 3.24 Å². The number of halogens is 2. The molecule has 0 unspecified atom stereocenters. The third kappa shape index (κ3) is 5.15. The molecule has 1 nitrogen and oxygen atoms in total. The summed E-state index contributed by atoms with van der Waals surface area (Å²) >= 11 is 12.7. The lowest BCUT2D eigenvalue weighted by Crippen LogP contribution is -2.16. The molecular weight excluding hydrogens is 397 g/mol. The summed E-state index contributed by atoms with van der Waals surface area (Å²) in [5, 5.41) is 1.24. The molecule has 0 bridgehead atoms. The first-order chi connectivity index (χ1) is 13.4. The first-order valence-electron chi connectivity index (χ1n) is 9.92. The minimum atomic E-state index is 0.0565. The zero-order chi connectivity index (χ0) is 21.4. The molecule has 3 aromatic rings. The molecule has 0 saturated carbocycles. The number of hydrogen-bond acceptors (Lipinski definition) is 1. The van der Waals surface area contributed by atoms with E-state index in [1.807, 2.05) is 12.1 Å². The fourth-order valence-electron chi connectivity index (χ4n) is 3.34. The van der Waals surface area contributed by atoms with E-state index in [-0.39, 0.29) is 10.8 Å². The first-order valence-corrected chi connectivity index (χ1v) is 10.7. The summed E-state index contributed by atoms with van der Waals surface area (Å²) in [7, 11) is 0. The maximum Gasteiger partial charge on any atom is 0.0491 e. The minimum Gasteiger partial charge on any atom is -0.310 e. The maximum atomic E-state index is 6.37. The van der Waals surface area contributed by atoms with Gasteiger partial charge >= 0.3 is 0 Å². The van der Waals surface area contributed by atoms with Crippen molar-refractivity contribution in [3.63, 3.8) is 0 Å². The van der Waals surface area contributed by atoms with Crippen molar-refractivity contribution in [2.75, 3.05) is 4.90 Å². The van der Waals surface area contributed by atoms with Gasteiger partial charge in [0.05, 0.1) is 0 Å². The molecule has 0 aliphatic carbocycles. The maximum absolute atomic E-state index is 6.37. The summed E-state index contributed by atoms with van der Waals surface area (Å²) in [6.45, 7) is 13.4. The summed E-state index contributed by atoms with van der Waals surface area (Å²) in [5.74, 6) is 0. The highest BCUT2D eigenvalue weighted by Crippen LogP contribution is 2.40. The molecule has 0 saturated heterocycles. The van der Waals surface area contributed by atoms with Gasteiger partial charge in [-0.25, -0.2) is 0 Å². The van der Waals surface area contributed by atoms with Gasteiger partial charge in [-0.1, -0.05) is 89.0 Å². The molecule has 152 valence electrons. The Morgan fingerprint density at radius 3 is 1.34 bits per heavy atom. The quantitative estimate of drug-likeness (QED) is 0.404. The lowest BCUT2D eigenvalue weighted by atomic mass is 9.86. The number of benzene rings is 3. The Hall–Kier alpha value is -1.96. The molecule has 3 heteroatoms. The van der Waals surface area contributed by atoms with Gasteiger partial charge in [-0.2, -0.15) is 0 Å². The van der Waals surface area contributed by atoms with Gasteiger partial charge in [0.15, 0.2) is 0 Å². The standard InChI is InChI=1S/C26H29Cl2N/c1-25(2,3)18-9-7-11-22(13-18)29(24-16-20(27)15-21(28)17-24)23-12-8-10-19(14-23)26(4,5)6/h7-17H,1-6H3. The molecule has 0 radical (unpaired) electrons. The van der Waals surface area contributed by atoms with Crippen molar-refractivity contribution < 1.29 is 0 Å². The van der Waals surface area contributed by atoms with Gasteiger partial charge in [0.2, 0.25) is 0 Å². The Morgan fingerprint density at radius 2 is 0.966 bits per heavy atom.